The van der Waals surface area contributed by atoms with E-state index in [1.807, 2.05) is 21.0 Å². The number of aliphatic hydroxyl groups is 1. The van der Waals surface area contributed by atoms with Crippen LogP contribution in [-0.2, 0) is 6.61 Å². The molecule has 0 saturated heterocycles. The van der Waals surface area contributed by atoms with Gasteiger partial charge in [-0.2, -0.15) is 0 Å². The lowest BCUT2D eigenvalue weighted by molar-refractivity contribution is 0.281. The minimum atomic E-state index is -0.410. The molecule has 0 aromatic carbocycles. The highest BCUT2D eigenvalue weighted by Crippen LogP contribution is 2.18. The van der Waals surface area contributed by atoms with Gasteiger partial charge >= 0.3 is 0 Å². The van der Waals surface area contributed by atoms with E-state index in [1.165, 1.54) is 12.3 Å². The molecule has 0 aliphatic heterocycles. The molecule has 0 aliphatic carbocycles. The van der Waals surface area contributed by atoms with Gasteiger partial charge in [-0.3, -0.25) is 0 Å². The van der Waals surface area contributed by atoms with Gasteiger partial charge in [0.05, 0.1) is 12.8 Å². The fraction of sp³-hybridized carbons (Fsp3) is 0.615. The molecule has 1 N–H and O–H groups in total. The van der Waals surface area contributed by atoms with Crippen LogP contribution in [0, 0.1) is 5.82 Å². The minimum Gasteiger partial charge on any atom is -0.392 e. The van der Waals surface area contributed by atoms with Gasteiger partial charge in [0.15, 0.2) is 0 Å². The van der Waals surface area contributed by atoms with Gasteiger partial charge in [0, 0.05) is 18.7 Å². The van der Waals surface area contributed by atoms with Crippen molar-refractivity contribution in [1.82, 2.24) is 9.88 Å². The molecule has 0 spiro atoms. The summed E-state index contributed by atoms with van der Waals surface area (Å²) < 4.78 is 13.1. The average Bonchev–Trinajstić information content (AvgIpc) is 2.34. The number of aliphatic hydroxyl groups excluding tert-OH is 1. The maximum Gasteiger partial charge on any atom is 0.142 e. The smallest absolute Gasteiger partial charge is 0.142 e. The van der Waals surface area contributed by atoms with Crippen molar-refractivity contribution in [3.63, 3.8) is 0 Å². The quantitative estimate of drug-likeness (QED) is 0.801. The number of aromatic nitrogens is 1. The van der Waals surface area contributed by atoms with Gasteiger partial charge in [-0.1, -0.05) is 0 Å². The molecular formula is C13H22FN3O. The van der Waals surface area contributed by atoms with E-state index in [4.69, 9.17) is 0 Å². The molecule has 0 unspecified atom stereocenters. The van der Waals surface area contributed by atoms with E-state index in [0.717, 1.165) is 26.1 Å². The van der Waals surface area contributed by atoms with Crippen LogP contribution in [0.1, 0.15) is 18.9 Å². The summed E-state index contributed by atoms with van der Waals surface area (Å²) in [6.07, 6.45) is 2.20. The minimum absolute atomic E-state index is 0.190. The molecule has 0 radical (unpaired) electrons. The predicted octanol–water partition coefficient (Wildman–Crippen LogP) is 1.49. The second kappa shape index (κ2) is 7.28. The molecule has 1 aromatic rings. The summed E-state index contributed by atoms with van der Waals surface area (Å²) in [5, 5.41) is 9.26. The van der Waals surface area contributed by atoms with Crippen molar-refractivity contribution in [1.29, 1.82) is 0 Å². The number of halogens is 1. The molecule has 0 amide bonds. The average molecular weight is 255 g/mol. The normalized spacial score (nSPS) is 11.0. The Morgan fingerprint density at radius 2 is 2.06 bits per heavy atom. The van der Waals surface area contributed by atoms with Crippen LogP contribution in [-0.4, -0.2) is 48.7 Å². The van der Waals surface area contributed by atoms with Crippen LogP contribution in [0.3, 0.4) is 0 Å². The van der Waals surface area contributed by atoms with Crippen molar-refractivity contribution in [2.24, 2.45) is 0 Å². The maximum atomic E-state index is 13.1. The molecule has 1 aromatic heterocycles. The molecule has 0 saturated carbocycles. The molecule has 1 rings (SSSR count). The van der Waals surface area contributed by atoms with Crippen LogP contribution in [0.5, 0.6) is 0 Å². The highest BCUT2D eigenvalue weighted by molar-refractivity contribution is 5.46. The predicted molar refractivity (Wildman–Crippen MR) is 71.2 cm³/mol. The highest BCUT2D eigenvalue weighted by atomic mass is 19.1. The fourth-order valence-electron chi connectivity index (χ4n) is 1.87. The Balaban J connectivity index is 2.75. The van der Waals surface area contributed by atoms with E-state index < -0.39 is 5.82 Å². The van der Waals surface area contributed by atoms with Crippen molar-refractivity contribution < 1.29 is 9.50 Å². The van der Waals surface area contributed by atoms with Crippen LogP contribution in [0.2, 0.25) is 0 Å². The van der Waals surface area contributed by atoms with Gasteiger partial charge in [0.25, 0.3) is 0 Å². The van der Waals surface area contributed by atoms with Gasteiger partial charge in [0.2, 0.25) is 0 Å². The molecule has 102 valence electrons. The van der Waals surface area contributed by atoms with Gasteiger partial charge < -0.3 is 14.9 Å². The third-order valence-corrected chi connectivity index (χ3v) is 2.79. The zero-order chi connectivity index (χ0) is 13.5. The van der Waals surface area contributed by atoms with Crippen molar-refractivity contribution in [2.75, 3.05) is 38.6 Å². The zero-order valence-electron chi connectivity index (χ0n) is 11.4. The molecule has 1 heterocycles. The Bertz CT molecular complexity index is 371. The van der Waals surface area contributed by atoms with E-state index in [1.54, 1.807) is 0 Å². The number of hydrogen-bond acceptors (Lipinski definition) is 4. The van der Waals surface area contributed by atoms with Crippen molar-refractivity contribution in [2.45, 2.75) is 20.0 Å². The number of pyridine rings is 1. The van der Waals surface area contributed by atoms with Crippen LogP contribution < -0.4 is 4.90 Å². The molecule has 4 nitrogen and oxygen atoms in total. The summed E-state index contributed by atoms with van der Waals surface area (Å²) in [7, 11) is 4.07. The van der Waals surface area contributed by atoms with Crippen LogP contribution in [0.15, 0.2) is 12.3 Å². The Labute approximate surface area is 108 Å². The summed E-state index contributed by atoms with van der Waals surface area (Å²) in [6, 6.07) is 1.34. The van der Waals surface area contributed by atoms with Gasteiger partial charge in [-0.15, -0.1) is 0 Å². The van der Waals surface area contributed by atoms with Crippen molar-refractivity contribution in [3.05, 3.63) is 23.6 Å². The van der Waals surface area contributed by atoms with Gasteiger partial charge in [0.1, 0.15) is 11.6 Å². The van der Waals surface area contributed by atoms with Gasteiger partial charge in [-0.05, 0) is 40.1 Å². The van der Waals surface area contributed by atoms with Crippen LogP contribution >= 0.6 is 0 Å². The first-order valence-electron chi connectivity index (χ1n) is 6.23. The summed E-state index contributed by atoms with van der Waals surface area (Å²) >= 11 is 0. The highest BCUT2D eigenvalue weighted by Gasteiger charge is 2.11. The topological polar surface area (TPSA) is 39.6 Å². The lowest BCUT2D eigenvalue weighted by atomic mass is 10.2. The fourth-order valence-corrected chi connectivity index (χ4v) is 1.87. The summed E-state index contributed by atoms with van der Waals surface area (Å²) in [6.45, 7) is 4.47. The van der Waals surface area contributed by atoms with E-state index in [9.17, 15) is 9.50 Å². The third-order valence-electron chi connectivity index (χ3n) is 2.79. The molecule has 0 aliphatic rings. The first kappa shape index (κ1) is 14.9. The lowest BCUT2D eigenvalue weighted by Crippen LogP contribution is -2.28. The second-order valence-electron chi connectivity index (χ2n) is 4.53. The number of nitrogens with zero attached hydrogens (tertiary/aromatic N) is 3. The number of anilines is 1. The number of rotatable bonds is 7. The standard InChI is InChI=1S/C13H22FN3O/c1-4-17(7-5-6-16(2)3)13-11(10-18)8-12(14)9-15-13/h8-9,18H,4-7,10H2,1-3H3. The van der Waals surface area contributed by atoms with E-state index >= 15 is 0 Å². The molecular weight excluding hydrogens is 233 g/mol. The molecule has 0 fully saturated rings. The van der Waals surface area contributed by atoms with E-state index in [2.05, 4.69) is 14.8 Å². The Hall–Kier alpha value is -1.20. The number of hydrogen-bond donors (Lipinski definition) is 1. The molecule has 18 heavy (non-hydrogen) atoms. The van der Waals surface area contributed by atoms with Crippen LogP contribution in [0.25, 0.3) is 0 Å². The van der Waals surface area contributed by atoms with Crippen molar-refractivity contribution in [3.8, 4) is 0 Å². The SMILES string of the molecule is CCN(CCCN(C)C)c1ncc(F)cc1CO. The zero-order valence-corrected chi connectivity index (χ0v) is 11.4. The summed E-state index contributed by atoms with van der Waals surface area (Å²) in [5.41, 5.74) is 0.543. The summed E-state index contributed by atoms with van der Waals surface area (Å²) in [5.74, 6) is 0.271. The summed E-state index contributed by atoms with van der Waals surface area (Å²) in [4.78, 5) is 8.28. The maximum absolute atomic E-state index is 13.1. The van der Waals surface area contributed by atoms with E-state index in [0.29, 0.717) is 11.4 Å². The Morgan fingerprint density at radius 3 is 2.61 bits per heavy atom. The second-order valence-corrected chi connectivity index (χ2v) is 4.53. The lowest BCUT2D eigenvalue weighted by Gasteiger charge is -2.24. The van der Waals surface area contributed by atoms with Crippen molar-refractivity contribution >= 4 is 5.82 Å². The Kier molecular flexibility index (Phi) is 6.01. The molecule has 0 atom stereocenters. The largest absolute Gasteiger partial charge is 0.392 e. The van der Waals surface area contributed by atoms with E-state index in [-0.39, 0.29) is 6.61 Å². The Morgan fingerprint density at radius 1 is 1.33 bits per heavy atom. The molecule has 5 heteroatoms. The van der Waals surface area contributed by atoms with Crippen LogP contribution in [0.4, 0.5) is 10.2 Å². The molecule has 0 bridgehead atoms. The third kappa shape index (κ3) is 4.23. The van der Waals surface area contributed by atoms with Gasteiger partial charge in [-0.25, -0.2) is 9.37 Å². The first-order chi connectivity index (χ1) is 8.58. The monoisotopic (exact) mass is 255 g/mol. The first-order valence-corrected chi connectivity index (χ1v) is 6.23.